The molecule has 1 aliphatic rings. The van der Waals surface area contributed by atoms with E-state index in [4.69, 9.17) is 4.74 Å². The largest absolute Gasteiger partial charge is 0.508 e. The number of fused-ring (bicyclic) bond motifs is 1. The normalized spacial score (nSPS) is 12.5. The first kappa shape index (κ1) is 16.1. The number of nitrogens with zero attached hydrogens (tertiary/aromatic N) is 2. The van der Waals surface area contributed by atoms with Crippen molar-refractivity contribution in [3.8, 4) is 17.4 Å². The summed E-state index contributed by atoms with van der Waals surface area (Å²) in [5.74, 6) is 0.369. The van der Waals surface area contributed by atoms with Crippen molar-refractivity contribution in [1.29, 1.82) is 0 Å². The molecular formula is C20H16FN3O2. The molecule has 2 N–H and O–H groups in total. The number of hydrogen-bond acceptors (Lipinski definition) is 5. The molecule has 1 heterocycles. The molecule has 2 aromatic carbocycles. The zero-order valence-electron chi connectivity index (χ0n) is 14.0. The number of aromatic hydroxyl groups is 1. The van der Waals surface area contributed by atoms with Crippen LogP contribution in [0.2, 0.25) is 0 Å². The summed E-state index contributed by atoms with van der Waals surface area (Å²) in [7, 11) is 0. The molecule has 0 unspecified atom stereocenters. The van der Waals surface area contributed by atoms with Crippen molar-refractivity contribution < 1.29 is 14.2 Å². The second kappa shape index (κ2) is 6.48. The first-order valence-corrected chi connectivity index (χ1v) is 8.14. The van der Waals surface area contributed by atoms with E-state index in [0.717, 1.165) is 17.6 Å². The molecule has 0 fully saturated rings. The second-order valence-corrected chi connectivity index (χ2v) is 6.11. The zero-order valence-corrected chi connectivity index (χ0v) is 14.0. The van der Waals surface area contributed by atoms with Crippen LogP contribution in [-0.4, -0.2) is 15.1 Å². The second-order valence-electron chi connectivity index (χ2n) is 6.11. The van der Waals surface area contributed by atoms with Crippen molar-refractivity contribution in [2.75, 3.05) is 5.32 Å². The van der Waals surface area contributed by atoms with Crippen molar-refractivity contribution in [3.05, 3.63) is 71.2 Å². The van der Waals surface area contributed by atoms with Gasteiger partial charge in [0.15, 0.2) is 11.6 Å². The van der Waals surface area contributed by atoms with Gasteiger partial charge >= 0.3 is 0 Å². The lowest BCUT2D eigenvalue weighted by atomic mass is 10.1. The molecule has 6 heteroatoms. The molecule has 1 aromatic heterocycles. The van der Waals surface area contributed by atoms with Gasteiger partial charge in [0.1, 0.15) is 5.75 Å². The number of rotatable bonds is 4. The molecule has 0 saturated heterocycles. The average molecular weight is 349 g/mol. The van der Waals surface area contributed by atoms with Gasteiger partial charge in [0.25, 0.3) is 0 Å². The van der Waals surface area contributed by atoms with Crippen LogP contribution in [0.25, 0.3) is 6.08 Å². The standard InChI is InChI=1S/C20H16FN3O2/c1-12-9-13-5-6-17(19(21)16(13)10-12)26-18-7-8-22-20(24-18)23-14-3-2-4-15(25)11-14/h2-8,10-11,25H,9H2,1H3,(H,22,23,24). The fourth-order valence-corrected chi connectivity index (χ4v) is 2.88. The Kier molecular flexibility index (Phi) is 4.01. The number of allylic oxidation sites excluding steroid dienone is 1. The highest BCUT2D eigenvalue weighted by Gasteiger charge is 2.18. The summed E-state index contributed by atoms with van der Waals surface area (Å²) in [4.78, 5) is 8.34. The number of hydrogen-bond donors (Lipinski definition) is 2. The van der Waals surface area contributed by atoms with E-state index in [-0.39, 0.29) is 29.1 Å². The molecule has 26 heavy (non-hydrogen) atoms. The van der Waals surface area contributed by atoms with Crippen LogP contribution < -0.4 is 10.1 Å². The van der Waals surface area contributed by atoms with Gasteiger partial charge in [-0.05, 0) is 37.1 Å². The number of phenolic OH excluding ortho intramolecular Hbond substituents is 1. The number of phenols is 1. The summed E-state index contributed by atoms with van der Waals surface area (Å²) in [6, 6.07) is 11.6. The first-order chi connectivity index (χ1) is 12.6. The van der Waals surface area contributed by atoms with Crippen LogP contribution in [0.4, 0.5) is 16.0 Å². The molecule has 4 rings (SSSR count). The molecule has 0 radical (unpaired) electrons. The predicted octanol–water partition coefficient (Wildman–Crippen LogP) is 4.82. The van der Waals surface area contributed by atoms with E-state index in [1.54, 1.807) is 36.4 Å². The van der Waals surface area contributed by atoms with Gasteiger partial charge in [-0.25, -0.2) is 9.37 Å². The number of anilines is 2. The van der Waals surface area contributed by atoms with E-state index >= 15 is 0 Å². The van der Waals surface area contributed by atoms with Gasteiger partial charge in [0.2, 0.25) is 11.8 Å². The van der Waals surface area contributed by atoms with Crippen LogP contribution in [0.5, 0.6) is 17.4 Å². The summed E-state index contributed by atoms with van der Waals surface area (Å²) < 4.78 is 20.3. The highest BCUT2D eigenvalue weighted by Crippen LogP contribution is 2.34. The Morgan fingerprint density at radius 3 is 2.92 bits per heavy atom. The summed E-state index contributed by atoms with van der Waals surface area (Å²) in [6.07, 6.45) is 4.12. The number of nitrogens with one attached hydrogen (secondary N) is 1. The Morgan fingerprint density at radius 1 is 1.19 bits per heavy atom. The summed E-state index contributed by atoms with van der Waals surface area (Å²) in [5.41, 5.74) is 3.29. The monoisotopic (exact) mass is 349 g/mol. The van der Waals surface area contributed by atoms with Crippen LogP contribution in [0.3, 0.4) is 0 Å². The van der Waals surface area contributed by atoms with Crippen LogP contribution in [0, 0.1) is 5.82 Å². The minimum atomic E-state index is -0.388. The SMILES string of the molecule is CC1=Cc2c(ccc(Oc3ccnc(Nc4cccc(O)c4)n3)c2F)C1. The first-order valence-electron chi connectivity index (χ1n) is 8.14. The van der Waals surface area contributed by atoms with Crippen molar-refractivity contribution >= 4 is 17.7 Å². The van der Waals surface area contributed by atoms with Crippen LogP contribution >= 0.6 is 0 Å². The number of aromatic nitrogens is 2. The van der Waals surface area contributed by atoms with Gasteiger partial charge in [-0.2, -0.15) is 4.98 Å². The van der Waals surface area contributed by atoms with Gasteiger partial charge in [0.05, 0.1) is 0 Å². The van der Waals surface area contributed by atoms with Gasteiger partial charge in [-0.15, -0.1) is 0 Å². The van der Waals surface area contributed by atoms with Crippen molar-refractivity contribution in [2.45, 2.75) is 13.3 Å². The van der Waals surface area contributed by atoms with E-state index in [2.05, 4.69) is 15.3 Å². The fraction of sp³-hybridized carbons (Fsp3) is 0.100. The van der Waals surface area contributed by atoms with E-state index in [1.807, 2.05) is 19.1 Å². The lowest BCUT2D eigenvalue weighted by Crippen LogP contribution is -1.99. The maximum atomic E-state index is 14.7. The van der Waals surface area contributed by atoms with Crippen LogP contribution in [0.15, 0.2) is 54.2 Å². The Labute approximate surface area is 149 Å². The average Bonchev–Trinajstić information content (AvgIpc) is 2.99. The maximum absolute atomic E-state index is 14.7. The fourth-order valence-electron chi connectivity index (χ4n) is 2.88. The molecule has 0 atom stereocenters. The van der Waals surface area contributed by atoms with E-state index in [1.165, 1.54) is 6.20 Å². The summed E-state index contributed by atoms with van der Waals surface area (Å²) >= 11 is 0. The summed E-state index contributed by atoms with van der Waals surface area (Å²) in [5, 5.41) is 12.5. The van der Waals surface area contributed by atoms with Gasteiger partial charge in [-0.1, -0.05) is 23.8 Å². The van der Waals surface area contributed by atoms with Crippen molar-refractivity contribution in [2.24, 2.45) is 0 Å². The highest BCUT2D eigenvalue weighted by molar-refractivity contribution is 5.65. The molecule has 130 valence electrons. The lowest BCUT2D eigenvalue weighted by Gasteiger charge is -2.10. The van der Waals surface area contributed by atoms with Crippen molar-refractivity contribution in [3.63, 3.8) is 0 Å². The van der Waals surface area contributed by atoms with E-state index < -0.39 is 0 Å². The van der Waals surface area contributed by atoms with Crippen LogP contribution in [-0.2, 0) is 6.42 Å². The minimum Gasteiger partial charge on any atom is -0.508 e. The van der Waals surface area contributed by atoms with E-state index in [9.17, 15) is 9.50 Å². The minimum absolute atomic E-state index is 0.122. The molecule has 0 saturated carbocycles. The third-order valence-corrected chi connectivity index (χ3v) is 4.04. The zero-order chi connectivity index (χ0) is 18.1. The third-order valence-electron chi connectivity index (χ3n) is 4.04. The molecule has 3 aromatic rings. The van der Waals surface area contributed by atoms with Gasteiger partial charge in [0, 0.05) is 29.6 Å². The third kappa shape index (κ3) is 3.21. The molecule has 0 bridgehead atoms. The Hall–Kier alpha value is -3.41. The predicted molar refractivity (Wildman–Crippen MR) is 97.3 cm³/mol. The molecule has 0 aliphatic heterocycles. The van der Waals surface area contributed by atoms with Gasteiger partial charge in [-0.3, -0.25) is 0 Å². The Morgan fingerprint density at radius 2 is 2.08 bits per heavy atom. The number of benzene rings is 2. The van der Waals surface area contributed by atoms with E-state index in [0.29, 0.717) is 11.3 Å². The Balaban J connectivity index is 1.57. The quantitative estimate of drug-likeness (QED) is 0.707. The topological polar surface area (TPSA) is 67.3 Å². The number of halogens is 1. The van der Waals surface area contributed by atoms with Crippen LogP contribution in [0.1, 0.15) is 18.1 Å². The molecular weight excluding hydrogens is 333 g/mol. The molecule has 0 spiro atoms. The highest BCUT2D eigenvalue weighted by atomic mass is 19.1. The molecule has 5 nitrogen and oxygen atoms in total. The smallest absolute Gasteiger partial charge is 0.230 e. The Bertz CT molecular complexity index is 1020. The lowest BCUT2D eigenvalue weighted by molar-refractivity contribution is 0.426. The summed E-state index contributed by atoms with van der Waals surface area (Å²) in [6.45, 7) is 1.98. The molecule has 0 amide bonds. The van der Waals surface area contributed by atoms with Crippen molar-refractivity contribution in [1.82, 2.24) is 9.97 Å². The molecule has 1 aliphatic carbocycles. The maximum Gasteiger partial charge on any atom is 0.230 e. The van der Waals surface area contributed by atoms with Gasteiger partial charge < -0.3 is 15.2 Å². The number of ether oxygens (including phenoxy) is 1.